The lowest BCUT2D eigenvalue weighted by atomic mass is 9.95. The highest BCUT2D eigenvalue weighted by molar-refractivity contribution is 5.80. The number of hydrogen-bond acceptors (Lipinski definition) is 3. The smallest absolute Gasteiger partial charge is 0.326 e. The lowest BCUT2D eigenvalue weighted by molar-refractivity contribution is -0.152. The second-order valence-corrected chi connectivity index (χ2v) is 4.68. The van der Waals surface area contributed by atoms with Crippen LogP contribution in [0.2, 0.25) is 0 Å². The van der Waals surface area contributed by atoms with E-state index in [0.717, 1.165) is 19.3 Å². The van der Waals surface area contributed by atoms with Crippen LogP contribution in [0, 0.1) is 5.92 Å². The van der Waals surface area contributed by atoms with Gasteiger partial charge >= 0.3 is 5.97 Å². The summed E-state index contributed by atoms with van der Waals surface area (Å²) in [6.45, 7) is 8.61. The van der Waals surface area contributed by atoms with Gasteiger partial charge in [0.1, 0.15) is 5.54 Å². The molecule has 0 heterocycles. The second-order valence-electron chi connectivity index (χ2n) is 4.68. The molecule has 0 aliphatic heterocycles. The molecule has 0 aromatic heterocycles. The minimum absolute atomic E-state index is 0.132. The lowest BCUT2D eigenvalue weighted by Gasteiger charge is -2.27. The molecule has 1 N–H and O–H groups in total. The van der Waals surface area contributed by atoms with E-state index in [-0.39, 0.29) is 5.97 Å². The number of hydrogen-bond donors (Lipinski definition) is 1. The van der Waals surface area contributed by atoms with Crippen LogP contribution in [0.3, 0.4) is 0 Å². The average Bonchev–Trinajstić information content (AvgIpc) is 2.22. The Balaban J connectivity index is 4.18. The first-order valence-corrected chi connectivity index (χ1v) is 5.82. The van der Waals surface area contributed by atoms with Gasteiger partial charge in [0.25, 0.3) is 0 Å². The van der Waals surface area contributed by atoms with Gasteiger partial charge in [-0.15, -0.1) is 0 Å². The Labute approximate surface area is 93.6 Å². The van der Waals surface area contributed by atoms with Gasteiger partial charge in [0, 0.05) is 0 Å². The third-order valence-electron chi connectivity index (χ3n) is 2.58. The van der Waals surface area contributed by atoms with Crippen molar-refractivity contribution in [2.75, 3.05) is 13.7 Å². The molecular weight excluding hydrogens is 190 g/mol. The number of ether oxygens (including phenoxy) is 1. The highest BCUT2D eigenvalue weighted by atomic mass is 16.5. The molecule has 0 rings (SSSR count). The fraction of sp³-hybridized carbons (Fsp3) is 0.917. The van der Waals surface area contributed by atoms with E-state index in [4.69, 9.17) is 4.74 Å². The number of likely N-dealkylation sites (N-methyl/N-ethyl adjacent to an activating group) is 1. The Bertz CT molecular complexity index is 192. The third-order valence-corrected chi connectivity index (χ3v) is 2.58. The Morgan fingerprint density at radius 1 is 1.47 bits per heavy atom. The molecule has 0 aromatic rings. The average molecular weight is 215 g/mol. The molecule has 90 valence electrons. The summed E-state index contributed by atoms with van der Waals surface area (Å²) in [5.74, 6) is 0.258. The highest BCUT2D eigenvalue weighted by Gasteiger charge is 2.32. The van der Waals surface area contributed by atoms with Crippen molar-refractivity contribution in [1.82, 2.24) is 5.32 Å². The fourth-order valence-electron chi connectivity index (χ4n) is 1.26. The van der Waals surface area contributed by atoms with E-state index in [0.29, 0.717) is 12.5 Å². The van der Waals surface area contributed by atoms with Gasteiger partial charge in [0.2, 0.25) is 0 Å². The summed E-state index contributed by atoms with van der Waals surface area (Å²) in [6, 6.07) is 0. The van der Waals surface area contributed by atoms with Crippen molar-refractivity contribution in [1.29, 1.82) is 0 Å². The molecule has 0 bridgehead atoms. The van der Waals surface area contributed by atoms with Crippen LogP contribution in [-0.2, 0) is 9.53 Å². The molecule has 1 unspecified atom stereocenters. The van der Waals surface area contributed by atoms with Crippen LogP contribution in [0.4, 0.5) is 0 Å². The summed E-state index contributed by atoms with van der Waals surface area (Å²) in [5.41, 5.74) is -0.523. The predicted octanol–water partition coefficient (Wildman–Crippen LogP) is 2.35. The molecule has 0 spiro atoms. The van der Waals surface area contributed by atoms with Crippen LogP contribution in [0.15, 0.2) is 0 Å². The number of esters is 1. The van der Waals surface area contributed by atoms with Crippen molar-refractivity contribution >= 4 is 5.97 Å². The maximum atomic E-state index is 11.8. The molecule has 0 aliphatic rings. The van der Waals surface area contributed by atoms with Gasteiger partial charge in [-0.3, -0.25) is 4.79 Å². The SMILES string of the molecule is CCCCC(C)(NC)C(=O)OCC(C)C. The topological polar surface area (TPSA) is 38.3 Å². The molecular formula is C12H25NO2. The van der Waals surface area contributed by atoms with E-state index in [1.807, 2.05) is 27.8 Å². The van der Waals surface area contributed by atoms with E-state index >= 15 is 0 Å². The Hall–Kier alpha value is -0.570. The first-order chi connectivity index (χ1) is 6.96. The summed E-state index contributed by atoms with van der Waals surface area (Å²) < 4.78 is 5.26. The van der Waals surface area contributed by atoms with Gasteiger partial charge < -0.3 is 10.1 Å². The summed E-state index contributed by atoms with van der Waals surface area (Å²) >= 11 is 0. The number of carbonyl (C=O) groups excluding carboxylic acids is 1. The van der Waals surface area contributed by atoms with Crippen LogP contribution in [-0.4, -0.2) is 25.2 Å². The number of unbranched alkanes of at least 4 members (excludes halogenated alkanes) is 1. The van der Waals surface area contributed by atoms with Crippen LogP contribution >= 0.6 is 0 Å². The van der Waals surface area contributed by atoms with Crippen LogP contribution in [0.5, 0.6) is 0 Å². The van der Waals surface area contributed by atoms with Crippen molar-refractivity contribution in [3.63, 3.8) is 0 Å². The predicted molar refractivity (Wildman–Crippen MR) is 62.8 cm³/mol. The quantitative estimate of drug-likeness (QED) is 0.662. The Morgan fingerprint density at radius 3 is 2.47 bits per heavy atom. The number of nitrogens with one attached hydrogen (secondary N) is 1. The Morgan fingerprint density at radius 2 is 2.07 bits per heavy atom. The van der Waals surface area contributed by atoms with Crippen molar-refractivity contribution < 1.29 is 9.53 Å². The molecule has 1 atom stereocenters. The van der Waals surface area contributed by atoms with Gasteiger partial charge in [-0.05, 0) is 26.3 Å². The summed E-state index contributed by atoms with van der Waals surface area (Å²) in [6.07, 6.45) is 2.96. The molecule has 15 heavy (non-hydrogen) atoms. The van der Waals surface area contributed by atoms with E-state index in [9.17, 15) is 4.79 Å². The Kier molecular flexibility index (Phi) is 6.57. The zero-order valence-corrected chi connectivity index (χ0v) is 10.7. The van der Waals surface area contributed by atoms with E-state index in [2.05, 4.69) is 12.2 Å². The lowest BCUT2D eigenvalue weighted by Crippen LogP contribution is -2.48. The standard InChI is InChI=1S/C12H25NO2/c1-6-7-8-12(4,13-5)11(14)15-9-10(2)3/h10,13H,6-9H2,1-5H3. The van der Waals surface area contributed by atoms with Crippen LogP contribution in [0.1, 0.15) is 47.0 Å². The van der Waals surface area contributed by atoms with Crippen molar-refractivity contribution in [3.05, 3.63) is 0 Å². The van der Waals surface area contributed by atoms with Crippen molar-refractivity contribution in [3.8, 4) is 0 Å². The molecule has 0 saturated carbocycles. The molecule has 0 aliphatic carbocycles. The summed E-state index contributed by atoms with van der Waals surface area (Å²) in [5, 5.41) is 3.06. The summed E-state index contributed by atoms with van der Waals surface area (Å²) in [7, 11) is 1.81. The zero-order chi connectivity index (χ0) is 11.9. The largest absolute Gasteiger partial charge is 0.464 e. The normalized spacial score (nSPS) is 15.1. The molecule has 0 radical (unpaired) electrons. The highest BCUT2D eigenvalue weighted by Crippen LogP contribution is 2.15. The minimum Gasteiger partial charge on any atom is -0.464 e. The van der Waals surface area contributed by atoms with E-state index in [1.54, 1.807) is 0 Å². The van der Waals surface area contributed by atoms with Crippen LogP contribution < -0.4 is 5.32 Å². The second kappa shape index (κ2) is 6.83. The minimum atomic E-state index is -0.523. The maximum absolute atomic E-state index is 11.8. The first kappa shape index (κ1) is 14.4. The van der Waals surface area contributed by atoms with Crippen molar-refractivity contribution in [2.45, 2.75) is 52.5 Å². The molecule has 3 nitrogen and oxygen atoms in total. The monoisotopic (exact) mass is 215 g/mol. The van der Waals surface area contributed by atoms with Gasteiger partial charge in [0.15, 0.2) is 0 Å². The van der Waals surface area contributed by atoms with Crippen molar-refractivity contribution in [2.24, 2.45) is 5.92 Å². The van der Waals surface area contributed by atoms with E-state index < -0.39 is 5.54 Å². The molecule has 0 fully saturated rings. The molecule has 0 saturated heterocycles. The zero-order valence-electron chi connectivity index (χ0n) is 10.7. The summed E-state index contributed by atoms with van der Waals surface area (Å²) in [4.78, 5) is 11.8. The molecule has 0 amide bonds. The molecule has 0 aromatic carbocycles. The van der Waals surface area contributed by atoms with E-state index in [1.165, 1.54) is 0 Å². The fourth-order valence-corrected chi connectivity index (χ4v) is 1.26. The van der Waals surface area contributed by atoms with Crippen LogP contribution in [0.25, 0.3) is 0 Å². The third kappa shape index (κ3) is 5.17. The number of carbonyl (C=O) groups is 1. The maximum Gasteiger partial charge on any atom is 0.326 e. The van der Waals surface area contributed by atoms with Gasteiger partial charge in [-0.25, -0.2) is 0 Å². The van der Waals surface area contributed by atoms with Gasteiger partial charge in [-0.2, -0.15) is 0 Å². The number of rotatable bonds is 7. The molecule has 3 heteroatoms. The first-order valence-electron chi connectivity index (χ1n) is 5.82. The van der Waals surface area contributed by atoms with Gasteiger partial charge in [-0.1, -0.05) is 33.6 Å². The van der Waals surface area contributed by atoms with Gasteiger partial charge in [0.05, 0.1) is 6.61 Å².